The average molecular weight is 534 g/mol. The molecule has 0 spiro atoms. The van der Waals surface area contributed by atoms with Crippen LogP contribution in [0.3, 0.4) is 0 Å². The van der Waals surface area contributed by atoms with Crippen molar-refractivity contribution >= 4 is 5.91 Å². The van der Waals surface area contributed by atoms with Crippen molar-refractivity contribution in [2.45, 2.75) is 39.2 Å². The van der Waals surface area contributed by atoms with Crippen LogP contribution in [0, 0.1) is 0 Å². The maximum atomic E-state index is 13.2. The van der Waals surface area contributed by atoms with Crippen molar-refractivity contribution in [3.05, 3.63) is 70.2 Å². The van der Waals surface area contributed by atoms with Gasteiger partial charge in [-0.1, -0.05) is 25.5 Å². The largest absolute Gasteiger partial charge is 0.506 e. The fraction of sp³-hybridized carbons (Fsp3) is 0.321. The van der Waals surface area contributed by atoms with Crippen molar-refractivity contribution in [1.29, 1.82) is 0 Å². The molecular weight excluding hydrogens is 502 g/mol. The summed E-state index contributed by atoms with van der Waals surface area (Å²) < 4.78 is 16.9. The van der Waals surface area contributed by atoms with Crippen LogP contribution < -0.4 is 15.0 Å². The number of nitrogens with one attached hydrogen (secondary N) is 1. The fourth-order valence-corrected chi connectivity index (χ4v) is 4.25. The van der Waals surface area contributed by atoms with E-state index in [4.69, 9.17) is 13.9 Å². The summed E-state index contributed by atoms with van der Waals surface area (Å²) in [4.78, 5) is 34.3. The highest BCUT2D eigenvalue weighted by Crippen LogP contribution is 2.46. The second-order valence-corrected chi connectivity index (χ2v) is 8.92. The summed E-state index contributed by atoms with van der Waals surface area (Å²) in [6.45, 7) is 2.05. The van der Waals surface area contributed by atoms with Crippen LogP contribution in [-0.4, -0.2) is 57.3 Å². The van der Waals surface area contributed by atoms with Gasteiger partial charge in [-0.15, -0.1) is 10.2 Å². The molecule has 0 atom stereocenters. The number of nitrogens with zero attached hydrogens (tertiary/aromatic N) is 4. The molecule has 0 aliphatic heterocycles. The molecule has 0 bridgehead atoms. The van der Waals surface area contributed by atoms with E-state index in [2.05, 4.69) is 20.2 Å². The van der Waals surface area contributed by atoms with Crippen molar-refractivity contribution in [2.75, 3.05) is 21.3 Å². The first-order valence-corrected chi connectivity index (χ1v) is 12.5. The van der Waals surface area contributed by atoms with Gasteiger partial charge in [0.05, 0.1) is 38.3 Å². The molecule has 11 nitrogen and oxygen atoms in total. The molecule has 4 aromatic rings. The normalized spacial score (nSPS) is 10.9. The van der Waals surface area contributed by atoms with Crippen molar-refractivity contribution in [1.82, 2.24) is 25.1 Å². The fourth-order valence-electron chi connectivity index (χ4n) is 4.25. The number of aryl methyl sites for hydroxylation is 1. The van der Waals surface area contributed by atoms with Gasteiger partial charge < -0.3 is 28.9 Å². The van der Waals surface area contributed by atoms with Gasteiger partial charge >= 0.3 is 0 Å². The Kier molecular flexibility index (Phi) is 8.60. The minimum absolute atomic E-state index is 0.0130. The molecule has 204 valence electrons. The molecule has 11 heteroatoms. The van der Waals surface area contributed by atoms with E-state index in [0.29, 0.717) is 40.4 Å². The summed E-state index contributed by atoms with van der Waals surface area (Å²) >= 11 is 0. The van der Waals surface area contributed by atoms with E-state index in [1.165, 1.54) is 19.1 Å². The highest BCUT2D eigenvalue weighted by molar-refractivity contribution is 5.87. The van der Waals surface area contributed by atoms with E-state index >= 15 is 0 Å². The Morgan fingerprint density at radius 1 is 1.05 bits per heavy atom. The number of carbonyl (C=O) groups excluding carboxylic acids is 1. The van der Waals surface area contributed by atoms with Crippen molar-refractivity contribution in [3.63, 3.8) is 0 Å². The third-order valence-corrected chi connectivity index (χ3v) is 6.26. The minimum Gasteiger partial charge on any atom is -0.506 e. The number of aromatic amines is 1. The molecule has 0 unspecified atom stereocenters. The molecule has 0 aliphatic carbocycles. The number of carbonyl (C=O) groups is 1. The Morgan fingerprint density at radius 3 is 2.44 bits per heavy atom. The third kappa shape index (κ3) is 5.92. The van der Waals surface area contributed by atoms with E-state index in [1.54, 1.807) is 43.6 Å². The SMILES string of the molecule is CCCCc1[nH]c(=O)c(-c2nnc(CN(C)C(=O)Cc3ccccn3)o2)c(O)c1-c1c(OC)cccc1OC. The van der Waals surface area contributed by atoms with E-state index < -0.39 is 5.56 Å². The minimum atomic E-state index is -0.578. The monoisotopic (exact) mass is 533 g/mol. The van der Waals surface area contributed by atoms with Crippen molar-refractivity contribution < 1.29 is 23.8 Å². The van der Waals surface area contributed by atoms with E-state index in [0.717, 1.165) is 12.8 Å². The maximum Gasteiger partial charge on any atom is 0.264 e. The molecule has 0 saturated carbocycles. The standard InChI is InChI=1S/C28H31N5O6/c1-5-6-11-18-23(24-19(37-3)12-9-13-20(24)38-4)26(35)25(27(36)30-18)28-32-31-21(39-28)16-33(2)22(34)15-17-10-7-8-14-29-17/h7-10,12-14H,5-6,11,15-16H2,1-4H3,(H2,30,35,36). The first kappa shape index (κ1) is 27.4. The Balaban J connectivity index is 1.72. The summed E-state index contributed by atoms with van der Waals surface area (Å²) in [5.74, 6) is 0.320. The molecule has 3 heterocycles. The topological polar surface area (TPSA) is 144 Å². The Morgan fingerprint density at radius 2 is 1.79 bits per heavy atom. The molecule has 39 heavy (non-hydrogen) atoms. The van der Waals surface area contributed by atoms with Gasteiger partial charge in [-0.05, 0) is 37.1 Å². The Labute approximate surface area is 225 Å². The summed E-state index contributed by atoms with van der Waals surface area (Å²) in [6.07, 6.45) is 3.91. The summed E-state index contributed by atoms with van der Waals surface area (Å²) in [5, 5.41) is 19.5. The van der Waals surface area contributed by atoms with Gasteiger partial charge in [0.2, 0.25) is 11.8 Å². The Bertz CT molecular complexity index is 1480. The molecule has 0 saturated heterocycles. The molecular formula is C28H31N5O6. The van der Waals surface area contributed by atoms with Crippen LogP contribution in [0.2, 0.25) is 0 Å². The van der Waals surface area contributed by atoms with Crippen molar-refractivity contribution in [3.8, 4) is 39.8 Å². The lowest BCUT2D eigenvalue weighted by molar-refractivity contribution is -0.130. The number of hydrogen-bond donors (Lipinski definition) is 2. The van der Waals surface area contributed by atoms with Crippen LogP contribution in [0.25, 0.3) is 22.6 Å². The van der Waals surface area contributed by atoms with E-state index in [-0.39, 0.29) is 42.0 Å². The van der Waals surface area contributed by atoms with E-state index in [1.807, 2.05) is 13.0 Å². The molecule has 3 aromatic heterocycles. The average Bonchev–Trinajstić information content (AvgIpc) is 3.39. The number of methoxy groups -OCH3 is 2. The number of aromatic hydroxyl groups is 1. The number of hydrogen-bond acceptors (Lipinski definition) is 9. The highest BCUT2D eigenvalue weighted by atomic mass is 16.5. The van der Waals surface area contributed by atoms with E-state index in [9.17, 15) is 14.7 Å². The summed E-state index contributed by atoms with van der Waals surface area (Å²) in [6, 6.07) is 10.6. The lowest BCUT2D eigenvalue weighted by Crippen LogP contribution is -2.28. The number of unbranched alkanes of at least 4 members (excludes halogenated alkanes) is 1. The predicted octanol–water partition coefficient (Wildman–Crippen LogP) is 3.75. The lowest BCUT2D eigenvalue weighted by atomic mass is 9.96. The van der Waals surface area contributed by atoms with Crippen LogP contribution in [0.15, 0.2) is 51.8 Å². The smallest absolute Gasteiger partial charge is 0.264 e. The zero-order valence-corrected chi connectivity index (χ0v) is 22.4. The van der Waals surface area contributed by atoms with Gasteiger partial charge in [0, 0.05) is 24.6 Å². The molecule has 4 rings (SSSR count). The van der Waals surface area contributed by atoms with Gasteiger partial charge in [0.25, 0.3) is 11.4 Å². The zero-order chi connectivity index (χ0) is 27.9. The quantitative estimate of drug-likeness (QED) is 0.294. The van der Waals surface area contributed by atoms with Crippen LogP contribution in [-0.2, 0) is 24.2 Å². The lowest BCUT2D eigenvalue weighted by Gasteiger charge is -2.18. The molecule has 1 amide bonds. The number of ether oxygens (including phenoxy) is 2. The summed E-state index contributed by atoms with van der Waals surface area (Å²) in [5.41, 5.74) is 1.26. The van der Waals surface area contributed by atoms with Gasteiger partial charge in [-0.25, -0.2) is 0 Å². The number of amides is 1. The predicted molar refractivity (Wildman–Crippen MR) is 144 cm³/mol. The van der Waals surface area contributed by atoms with Gasteiger partial charge in [0.15, 0.2) is 0 Å². The van der Waals surface area contributed by atoms with Crippen LogP contribution in [0.1, 0.15) is 37.0 Å². The zero-order valence-electron chi connectivity index (χ0n) is 22.4. The number of benzene rings is 1. The second-order valence-electron chi connectivity index (χ2n) is 8.92. The number of pyridine rings is 2. The second kappa shape index (κ2) is 12.2. The van der Waals surface area contributed by atoms with Gasteiger partial charge in [0.1, 0.15) is 22.8 Å². The maximum absolute atomic E-state index is 13.2. The number of rotatable bonds is 11. The molecule has 0 aliphatic rings. The first-order valence-electron chi connectivity index (χ1n) is 12.5. The van der Waals surface area contributed by atoms with Gasteiger partial charge in [-0.2, -0.15) is 0 Å². The van der Waals surface area contributed by atoms with Crippen LogP contribution >= 0.6 is 0 Å². The van der Waals surface area contributed by atoms with Gasteiger partial charge in [-0.3, -0.25) is 14.6 Å². The molecule has 0 radical (unpaired) electrons. The number of H-pyrrole nitrogens is 1. The van der Waals surface area contributed by atoms with Crippen LogP contribution in [0.4, 0.5) is 0 Å². The first-order chi connectivity index (χ1) is 18.9. The summed E-state index contributed by atoms with van der Waals surface area (Å²) in [7, 11) is 4.64. The molecule has 2 N–H and O–H groups in total. The Hall–Kier alpha value is -4.67. The third-order valence-electron chi connectivity index (χ3n) is 6.26. The van der Waals surface area contributed by atoms with Crippen LogP contribution in [0.5, 0.6) is 17.2 Å². The van der Waals surface area contributed by atoms with Crippen molar-refractivity contribution in [2.24, 2.45) is 0 Å². The number of likely N-dealkylation sites (N-methyl/N-ethyl adjacent to an activating group) is 1. The molecule has 1 aromatic carbocycles. The highest BCUT2D eigenvalue weighted by Gasteiger charge is 2.27. The molecule has 0 fully saturated rings. The number of aromatic nitrogens is 4.